The van der Waals surface area contributed by atoms with Crippen molar-refractivity contribution in [1.29, 1.82) is 0 Å². The Kier molecular flexibility index (Phi) is 4.03. The average Bonchev–Trinajstić information content (AvgIpc) is 2.23. The van der Waals surface area contributed by atoms with Gasteiger partial charge in [0.2, 0.25) is 0 Å². The lowest BCUT2D eigenvalue weighted by Gasteiger charge is -2.32. The summed E-state index contributed by atoms with van der Waals surface area (Å²) in [4.78, 5) is 0. The molecule has 0 bridgehead atoms. The molecule has 0 heterocycles. The minimum Gasteiger partial charge on any atom is -0.396 e. The zero-order valence-corrected chi connectivity index (χ0v) is 9.93. The van der Waals surface area contributed by atoms with Gasteiger partial charge in [-0.2, -0.15) is 0 Å². The SMILES string of the molecule is CC(C)C(C)(CO)Cc1c(F)cccc1F. The van der Waals surface area contributed by atoms with E-state index >= 15 is 0 Å². The first-order valence-electron chi connectivity index (χ1n) is 5.44. The van der Waals surface area contributed by atoms with Crippen molar-refractivity contribution in [2.24, 2.45) is 11.3 Å². The molecule has 0 saturated carbocycles. The molecule has 0 fully saturated rings. The van der Waals surface area contributed by atoms with E-state index in [-0.39, 0.29) is 24.5 Å². The van der Waals surface area contributed by atoms with Crippen LogP contribution in [0.2, 0.25) is 0 Å². The minimum atomic E-state index is -0.541. The molecule has 0 radical (unpaired) electrons. The molecule has 16 heavy (non-hydrogen) atoms. The minimum absolute atomic E-state index is 0.0627. The summed E-state index contributed by atoms with van der Waals surface area (Å²) in [6.07, 6.45) is 0.208. The second-order valence-corrected chi connectivity index (χ2v) is 4.84. The second-order valence-electron chi connectivity index (χ2n) is 4.84. The summed E-state index contributed by atoms with van der Waals surface area (Å²) < 4.78 is 26.9. The van der Waals surface area contributed by atoms with E-state index < -0.39 is 17.0 Å². The Balaban J connectivity index is 3.03. The van der Waals surface area contributed by atoms with Gasteiger partial charge in [-0.3, -0.25) is 0 Å². The second kappa shape index (κ2) is 4.91. The van der Waals surface area contributed by atoms with Crippen LogP contribution >= 0.6 is 0 Å². The van der Waals surface area contributed by atoms with E-state index in [4.69, 9.17) is 0 Å². The predicted molar refractivity (Wildman–Crippen MR) is 60.1 cm³/mol. The summed E-state index contributed by atoms with van der Waals surface area (Å²) in [5.41, 5.74) is -0.434. The van der Waals surface area contributed by atoms with Gasteiger partial charge in [-0.1, -0.05) is 26.8 Å². The number of aliphatic hydroxyl groups excluding tert-OH is 1. The summed E-state index contributed by atoms with van der Waals surface area (Å²) in [6, 6.07) is 3.84. The Labute approximate surface area is 95.1 Å². The maximum atomic E-state index is 13.5. The molecule has 90 valence electrons. The van der Waals surface area contributed by atoms with E-state index in [1.807, 2.05) is 20.8 Å². The summed E-state index contributed by atoms with van der Waals surface area (Å²) in [5, 5.41) is 9.35. The predicted octanol–water partition coefficient (Wildman–Crippen LogP) is 3.16. The number of aliphatic hydroxyl groups is 1. The van der Waals surface area contributed by atoms with Crippen molar-refractivity contribution in [2.45, 2.75) is 27.2 Å². The molecule has 3 heteroatoms. The van der Waals surface area contributed by atoms with Crippen molar-refractivity contribution in [3.63, 3.8) is 0 Å². The fourth-order valence-corrected chi connectivity index (χ4v) is 1.55. The third-order valence-corrected chi connectivity index (χ3v) is 3.40. The highest BCUT2D eigenvalue weighted by molar-refractivity contribution is 5.21. The van der Waals surface area contributed by atoms with E-state index in [2.05, 4.69) is 0 Å². The first kappa shape index (κ1) is 13.1. The molecule has 0 amide bonds. The average molecular weight is 228 g/mol. The topological polar surface area (TPSA) is 20.2 Å². The van der Waals surface area contributed by atoms with E-state index in [1.165, 1.54) is 18.2 Å². The van der Waals surface area contributed by atoms with Crippen molar-refractivity contribution in [3.05, 3.63) is 35.4 Å². The van der Waals surface area contributed by atoms with Crippen LogP contribution in [0.4, 0.5) is 8.78 Å². The highest BCUT2D eigenvalue weighted by Crippen LogP contribution is 2.32. The molecular weight excluding hydrogens is 210 g/mol. The van der Waals surface area contributed by atoms with E-state index in [0.29, 0.717) is 0 Å². The number of rotatable bonds is 4. The highest BCUT2D eigenvalue weighted by Gasteiger charge is 2.30. The molecule has 1 atom stereocenters. The molecule has 0 aliphatic rings. The lowest BCUT2D eigenvalue weighted by atomic mass is 9.75. The number of benzene rings is 1. The van der Waals surface area contributed by atoms with Crippen LogP contribution in [0.15, 0.2) is 18.2 Å². The monoisotopic (exact) mass is 228 g/mol. The van der Waals surface area contributed by atoms with Crippen LogP contribution in [-0.4, -0.2) is 11.7 Å². The molecule has 1 nitrogen and oxygen atoms in total. The van der Waals surface area contributed by atoms with Crippen molar-refractivity contribution < 1.29 is 13.9 Å². The van der Waals surface area contributed by atoms with Crippen molar-refractivity contribution in [2.75, 3.05) is 6.61 Å². The van der Waals surface area contributed by atoms with Gasteiger partial charge < -0.3 is 5.11 Å². The van der Waals surface area contributed by atoms with Gasteiger partial charge in [0, 0.05) is 12.2 Å². The standard InChI is InChI=1S/C13H18F2O/c1-9(2)13(3,8-16)7-10-11(14)5-4-6-12(10)15/h4-6,9,16H,7-8H2,1-3H3. The van der Waals surface area contributed by atoms with E-state index in [0.717, 1.165) is 0 Å². The maximum absolute atomic E-state index is 13.5. The summed E-state index contributed by atoms with van der Waals surface area (Å²) in [5.74, 6) is -0.933. The molecule has 0 aliphatic heterocycles. The van der Waals surface area contributed by atoms with Gasteiger partial charge in [0.1, 0.15) is 11.6 Å². The normalized spacial score (nSPS) is 15.2. The zero-order chi connectivity index (χ0) is 12.3. The molecule has 1 N–H and O–H groups in total. The largest absolute Gasteiger partial charge is 0.396 e. The van der Waals surface area contributed by atoms with E-state index in [1.54, 1.807) is 0 Å². The highest BCUT2D eigenvalue weighted by atomic mass is 19.1. The van der Waals surface area contributed by atoms with Crippen molar-refractivity contribution >= 4 is 0 Å². The van der Waals surface area contributed by atoms with Crippen LogP contribution in [0.3, 0.4) is 0 Å². The Hall–Kier alpha value is -0.960. The van der Waals surface area contributed by atoms with Crippen LogP contribution in [0.1, 0.15) is 26.3 Å². The first-order valence-corrected chi connectivity index (χ1v) is 5.44. The van der Waals surface area contributed by atoms with E-state index in [9.17, 15) is 13.9 Å². The Bertz CT molecular complexity index is 343. The van der Waals surface area contributed by atoms with Crippen LogP contribution in [-0.2, 0) is 6.42 Å². The number of hydrogen-bond donors (Lipinski definition) is 1. The van der Waals surface area contributed by atoms with Crippen LogP contribution in [0.25, 0.3) is 0 Å². The number of halogens is 2. The van der Waals surface area contributed by atoms with Crippen LogP contribution < -0.4 is 0 Å². The third kappa shape index (κ3) is 2.59. The summed E-state index contributed by atoms with van der Waals surface area (Å²) in [7, 11) is 0. The van der Waals surface area contributed by atoms with Crippen LogP contribution in [0.5, 0.6) is 0 Å². The van der Waals surface area contributed by atoms with Gasteiger partial charge in [0.25, 0.3) is 0 Å². The van der Waals surface area contributed by atoms with Crippen molar-refractivity contribution in [3.8, 4) is 0 Å². The fourth-order valence-electron chi connectivity index (χ4n) is 1.55. The Morgan fingerprint density at radius 2 is 1.75 bits per heavy atom. The van der Waals surface area contributed by atoms with Gasteiger partial charge in [-0.05, 0) is 29.9 Å². The molecule has 1 unspecified atom stereocenters. The smallest absolute Gasteiger partial charge is 0.129 e. The summed E-state index contributed by atoms with van der Waals surface area (Å²) in [6.45, 7) is 5.63. The Morgan fingerprint density at radius 1 is 1.25 bits per heavy atom. The maximum Gasteiger partial charge on any atom is 0.129 e. The summed E-state index contributed by atoms with van der Waals surface area (Å²) >= 11 is 0. The van der Waals surface area contributed by atoms with Crippen LogP contribution in [0, 0.1) is 23.0 Å². The fraction of sp³-hybridized carbons (Fsp3) is 0.538. The van der Waals surface area contributed by atoms with Gasteiger partial charge >= 0.3 is 0 Å². The van der Waals surface area contributed by atoms with Gasteiger partial charge in [0.05, 0.1) is 0 Å². The third-order valence-electron chi connectivity index (χ3n) is 3.40. The lowest BCUT2D eigenvalue weighted by Crippen LogP contribution is -2.31. The molecule has 1 rings (SSSR count). The van der Waals surface area contributed by atoms with Crippen molar-refractivity contribution in [1.82, 2.24) is 0 Å². The molecule has 0 aliphatic carbocycles. The molecule has 0 saturated heterocycles. The number of hydrogen-bond acceptors (Lipinski definition) is 1. The first-order chi connectivity index (χ1) is 7.40. The quantitative estimate of drug-likeness (QED) is 0.839. The Morgan fingerprint density at radius 3 is 2.12 bits per heavy atom. The van der Waals surface area contributed by atoms with Gasteiger partial charge in [-0.25, -0.2) is 8.78 Å². The van der Waals surface area contributed by atoms with Gasteiger partial charge in [-0.15, -0.1) is 0 Å². The molecule has 0 aromatic heterocycles. The lowest BCUT2D eigenvalue weighted by molar-refractivity contribution is 0.0929. The molecule has 1 aromatic rings. The molecular formula is C13H18F2O. The zero-order valence-electron chi connectivity index (χ0n) is 9.93. The van der Waals surface area contributed by atoms with Gasteiger partial charge in [0.15, 0.2) is 0 Å². The molecule has 1 aromatic carbocycles. The molecule has 0 spiro atoms.